The fourth-order valence-electron chi connectivity index (χ4n) is 4.78. The molecule has 2 saturated heterocycles. The molecule has 0 spiro atoms. The van der Waals surface area contributed by atoms with Gasteiger partial charge < -0.3 is 14.9 Å². The highest BCUT2D eigenvalue weighted by Crippen LogP contribution is 2.35. The van der Waals surface area contributed by atoms with E-state index in [1.54, 1.807) is 19.2 Å². The third-order valence-corrected chi connectivity index (χ3v) is 6.20. The third kappa shape index (κ3) is 3.46. The Morgan fingerprint density at radius 1 is 1.16 bits per heavy atom. The van der Waals surface area contributed by atoms with Gasteiger partial charge in [0.2, 0.25) is 5.78 Å². The minimum absolute atomic E-state index is 0.220. The largest absolute Gasteiger partial charge is 0.507 e. The summed E-state index contributed by atoms with van der Waals surface area (Å²) in [6.45, 7) is 5.84. The van der Waals surface area contributed by atoms with Crippen LogP contribution in [0.4, 0.5) is 5.82 Å². The number of phenols is 1. The number of fused-ring (bicyclic) bond motifs is 3. The first-order chi connectivity index (χ1) is 15.2. The summed E-state index contributed by atoms with van der Waals surface area (Å²) in [7, 11) is 1.78. The molecule has 2 bridgehead atoms. The Kier molecular flexibility index (Phi) is 4.94. The smallest absolute Gasteiger partial charge is 0.236 e. The van der Waals surface area contributed by atoms with Crippen molar-refractivity contribution in [3.05, 3.63) is 67.2 Å². The molecule has 1 aromatic carbocycles. The number of allylic oxidation sites excluding steroid dienone is 2. The quantitative estimate of drug-likeness (QED) is 0.511. The van der Waals surface area contributed by atoms with Crippen molar-refractivity contribution in [2.24, 2.45) is 4.99 Å². The van der Waals surface area contributed by atoms with E-state index in [1.165, 1.54) is 12.8 Å². The molecule has 31 heavy (non-hydrogen) atoms. The standard InChI is InChI=1S/C24H26N6O/c1-3-17(10-12-25-2)30-18-8-9-19(30)15-29(14-18)23-11-13-28-16-21(26-24(28)27-23)20-6-4-5-7-22(20)31/h3-7,10-13,16,18-19,31H,1,8-9,14-15H2,2H3/b17-10+,25-12?. The zero-order valence-corrected chi connectivity index (χ0v) is 17.6. The maximum absolute atomic E-state index is 10.2. The van der Waals surface area contributed by atoms with E-state index in [1.807, 2.05) is 53.4 Å². The van der Waals surface area contributed by atoms with Gasteiger partial charge in [0.15, 0.2) is 0 Å². The number of phenolic OH excluding ortho intramolecular Hbond substituents is 1. The van der Waals surface area contributed by atoms with Crippen LogP contribution in [0.25, 0.3) is 17.0 Å². The van der Waals surface area contributed by atoms with Crippen LogP contribution in [0.3, 0.4) is 0 Å². The average molecular weight is 415 g/mol. The second kappa shape index (κ2) is 7.91. The van der Waals surface area contributed by atoms with Crippen molar-refractivity contribution in [1.82, 2.24) is 19.3 Å². The van der Waals surface area contributed by atoms with Gasteiger partial charge in [0, 0.05) is 62.1 Å². The van der Waals surface area contributed by atoms with Crippen molar-refractivity contribution in [3.8, 4) is 17.0 Å². The number of aromatic nitrogens is 3. The Hall–Kier alpha value is -3.61. The summed E-state index contributed by atoms with van der Waals surface area (Å²) in [5.74, 6) is 1.80. The van der Waals surface area contributed by atoms with Gasteiger partial charge in [-0.25, -0.2) is 4.98 Å². The first-order valence-corrected chi connectivity index (χ1v) is 10.6. The van der Waals surface area contributed by atoms with E-state index in [2.05, 4.69) is 26.4 Å². The summed E-state index contributed by atoms with van der Waals surface area (Å²) in [5, 5.41) is 10.2. The van der Waals surface area contributed by atoms with Crippen molar-refractivity contribution < 1.29 is 5.11 Å². The van der Waals surface area contributed by atoms with Crippen molar-refractivity contribution in [3.63, 3.8) is 0 Å². The highest BCUT2D eigenvalue weighted by Gasteiger charge is 2.40. The zero-order valence-electron chi connectivity index (χ0n) is 17.6. The second-order valence-corrected chi connectivity index (χ2v) is 8.04. The molecule has 2 aliphatic rings. The maximum Gasteiger partial charge on any atom is 0.236 e. The van der Waals surface area contributed by atoms with Crippen LogP contribution in [0.5, 0.6) is 5.75 Å². The van der Waals surface area contributed by atoms with Crippen LogP contribution in [0.1, 0.15) is 12.8 Å². The molecule has 2 atom stereocenters. The Bertz CT molecular complexity index is 1170. The van der Waals surface area contributed by atoms with Crippen molar-refractivity contribution in [1.29, 1.82) is 0 Å². The van der Waals surface area contributed by atoms with E-state index in [-0.39, 0.29) is 5.75 Å². The molecule has 1 N–H and O–H groups in total. The minimum atomic E-state index is 0.220. The molecule has 0 amide bonds. The van der Waals surface area contributed by atoms with Gasteiger partial charge in [-0.3, -0.25) is 9.39 Å². The van der Waals surface area contributed by atoms with E-state index in [0.29, 0.717) is 29.1 Å². The Labute approximate surface area is 181 Å². The Morgan fingerprint density at radius 3 is 2.65 bits per heavy atom. The predicted molar refractivity (Wildman–Crippen MR) is 124 cm³/mol. The molecule has 2 aromatic heterocycles. The number of imidazole rings is 1. The fraction of sp³-hybridized carbons (Fsp3) is 0.292. The van der Waals surface area contributed by atoms with E-state index in [9.17, 15) is 5.11 Å². The molecule has 2 fully saturated rings. The number of anilines is 1. The van der Waals surface area contributed by atoms with Gasteiger partial charge in [-0.05, 0) is 43.2 Å². The fourth-order valence-corrected chi connectivity index (χ4v) is 4.78. The molecule has 5 rings (SSSR count). The highest BCUT2D eigenvalue weighted by molar-refractivity contribution is 5.72. The van der Waals surface area contributed by atoms with Crippen molar-refractivity contribution in [2.45, 2.75) is 24.9 Å². The lowest BCUT2D eigenvalue weighted by Crippen LogP contribution is -2.53. The lowest BCUT2D eigenvalue weighted by molar-refractivity contribution is 0.228. The lowest BCUT2D eigenvalue weighted by Gasteiger charge is -2.43. The highest BCUT2D eigenvalue weighted by atomic mass is 16.3. The van der Waals surface area contributed by atoms with Crippen LogP contribution in [-0.2, 0) is 0 Å². The van der Waals surface area contributed by atoms with Gasteiger partial charge in [-0.15, -0.1) is 0 Å². The van der Waals surface area contributed by atoms with Gasteiger partial charge in [-0.2, -0.15) is 4.98 Å². The first kappa shape index (κ1) is 19.4. The van der Waals surface area contributed by atoms with E-state index in [0.717, 1.165) is 24.6 Å². The number of benzene rings is 1. The van der Waals surface area contributed by atoms with E-state index < -0.39 is 0 Å². The molecular formula is C24H26N6O. The van der Waals surface area contributed by atoms with Gasteiger partial charge in [-0.1, -0.05) is 18.7 Å². The summed E-state index contributed by atoms with van der Waals surface area (Å²) in [6, 6.07) is 10.2. The van der Waals surface area contributed by atoms with Crippen LogP contribution in [-0.4, -0.2) is 62.8 Å². The topological polar surface area (TPSA) is 69.3 Å². The number of rotatable bonds is 5. The number of nitrogens with zero attached hydrogens (tertiary/aromatic N) is 6. The molecule has 2 unspecified atom stereocenters. The molecule has 158 valence electrons. The molecule has 3 aromatic rings. The summed E-state index contributed by atoms with van der Waals surface area (Å²) in [5.41, 5.74) is 2.56. The molecule has 2 aliphatic heterocycles. The molecule has 0 radical (unpaired) electrons. The second-order valence-electron chi connectivity index (χ2n) is 8.04. The normalized spacial score (nSPS) is 21.4. The molecule has 7 heteroatoms. The number of hydrogen-bond donors (Lipinski definition) is 1. The number of para-hydroxylation sites is 1. The van der Waals surface area contributed by atoms with Gasteiger partial charge in [0.25, 0.3) is 0 Å². The van der Waals surface area contributed by atoms with Crippen molar-refractivity contribution >= 4 is 17.8 Å². The minimum Gasteiger partial charge on any atom is -0.507 e. The molecular weight excluding hydrogens is 388 g/mol. The van der Waals surface area contributed by atoms with E-state index in [4.69, 9.17) is 4.98 Å². The van der Waals surface area contributed by atoms with Gasteiger partial charge in [0.05, 0.1) is 5.69 Å². The van der Waals surface area contributed by atoms with Crippen LogP contribution >= 0.6 is 0 Å². The van der Waals surface area contributed by atoms with E-state index >= 15 is 0 Å². The van der Waals surface area contributed by atoms with Gasteiger partial charge >= 0.3 is 0 Å². The molecule has 0 saturated carbocycles. The summed E-state index contributed by atoms with van der Waals surface area (Å²) in [4.78, 5) is 18.4. The number of hydrogen-bond acceptors (Lipinski definition) is 6. The average Bonchev–Trinajstić information content (AvgIpc) is 3.32. The van der Waals surface area contributed by atoms with Crippen LogP contribution < -0.4 is 4.90 Å². The monoisotopic (exact) mass is 414 g/mol. The predicted octanol–water partition coefficient (Wildman–Crippen LogP) is 3.53. The van der Waals surface area contributed by atoms with Crippen molar-refractivity contribution in [2.75, 3.05) is 25.0 Å². The third-order valence-electron chi connectivity index (χ3n) is 6.20. The lowest BCUT2D eigenvalue weighted by atomic mass is 10.1. The maximum atomic E-state index is 10.2. The van der Waals surface area contributed by atoms with Crippen LogP contribution in [0, 0.1) is 0 Å². The summed E-state index contributed by atoms with van der Waals surface area (Å²) in [6.07, 6.45) is 12.0. The summed E-state index contributed by atoms with van der Waals surface area (Å²) >= 11 is 0. The number of aliphatic imine (C=N–C) groups is 1. The number of piperazine rings is 1. The Balaban J connectivity index is 1.41. The van der Waals surface area contributed by atoms with Crippen LogP contribution in [0.15, 0.2) is 72.1 Å². The Morgan fingerprint density at radius 2 is 1.94 bits per heavy atom. The molecule has 7 nitrogen and oxygen atoms in total. The zero-order chi connectivity index (χ0) is 21.4. The van der Waals surface area contributed by atoms with Crippen LogP contribution in [0.2, 0.25) is 0 Å². The van der Waals surface area contributed by atoms with Gasteiger partial charge in [0.1, 0.15) is 11.6 Å². The summed E-state index contributed by atoms with van der Waals surface area (Å²) < 4.78 is 1.90. The molecule has 0 aliphatic carbocycles. The first-order valence-electron chi connectivity index (χ1n) is 10.6. The SMILES string of the molecule is C=C/C(=C\C=NC)N1C2CCC1CN(c1ccn3cc(-c4ccccc4O)nc3n1)C2. The molecule has 4 heterocycles. The number of aromatic hydroxyl groups is 1.